The Kier molecular flexibility index (Phi) is 5.20. The van der Waals surface area contributed by atoms with Crippen molar-refractivity contribution in [3.05, 3.63) is 34.9 Å². The number of halogens is 1. The van der Waals surface area contributed by atoms with Crippen LogP contribution in [0.3, 0.4) is 0 Å². The van der Waals surface area contributed by atoms with Gasteiger partial charge in [0, 0.05) is 5.02 Å². The molecule has 0 fully saturated rings. The summed E-state index contributed by atoms with van der Waals surface area (Å²) in [5.74, 6) is 0. The van der Waals surface area contributed by atoms with E-state index in [1.165, 1.54) is 30.4 Å². The fraction of sp³-hybridized carbons (Fsp3) is 0.273. The van der Waals surface area contributed by atoms with Gasteiger partial charge in [-0.2, -0.15) is 3.71 Å². The molecule has 0 aliphatic carbocycles. The molecular weight excluding hydrogens is 326 g/mol. The van der Waals surface area contributed by atoms with E-state index in [0.29, 0.717) is 9.27 Å². The number of rotatable bonds is 5. The molecule has 0 amide bonds. The first kappa shape index (κ1) is 17.0. The summed E-state index contributed by atoms with van der Waals surface area (Å²) in [4.78, 5) is 0. The van der Waals surface area contributed by atoms with Crippen LogP contribution < -0.4 is 3.71 Å². The molecule has 0 radical (unpaired) electrons. The highest BCUT2D eigenvalue weighted by atomic mass is 35.5. The molecule has 0 aliphatic rings. The maximum atomic E-state index is 11.7. The second kappa shape index (κ2) is 6.13. The van der Waals surface area contributed by atoms with Crippen molar-refractivity contribution in [1.29, 1.82) is 0 Å². The molecule has 0 unspecified atom stereocenters. The Bertz CT molecular complexity index is 693. The molecule has 0 aromatic heterocycles. The minimum atomic E-state index is -4.05. The molecule has 0 atom stereocenters. The van der Waals surface area contributed by atoms with Crippen molar-refractivity contribution in [2.45, 2.75) is 0 Å². The molecule has 6 nitrogen and oxygen atoms in total. The zero-order valence-electron chi connectivity index (χ0n) is 10.8. The normalized spacial score (nSPS) is 12.8. The van der Waals surface area contributed by atoms with Crippen LogP contribution >= 0.6 is 11.6 Å². The van der Waals surface area contributed by atoms with E-state index in [4.69, 9.17) is 16.7 Å². The van der Waals surface area contributed by atoms with Gasteiger partial charge >= 0.3 is 0 Å². The molecule has 1 aromatic carbocycles. The number of aliphatic hydroxyl groups excluding tert-OH is 1. The Hall–Kier alpha value is -1.09. The molecule has 0 spiro atoms. The average Bonchev–Trinajstić information content (AvgIpc) is 2.24. The van der Waals surface area contributed by atoms with Crippen LogP contribution in [-0.4, -0.2) is 41.1 Å². The molecular formula is C11H14ClNO5S2. The van der Waals surface area contributed by atoms with Crippen LogP contribution in [0.15, 0.2) is 24.3 Å². The topological polar surface area (TPSA) is 91.8 Å². The Morgan fingerprint density at radius 2 is 1.75 bits per heavy atom. The van der Waals surface area contributed by atoms with Crippen LogP contribution in [-0.2, 0) is 20.0 Å². The van der Waals surface area contributed by atoms with Crippen molar-refractivity contribution < 1.29 is 21.9 Å². The zero-order valence-corrected chi connectivity index (χ0v) is 13.2. The number of sulfonamides is 2. The number of anilines is 1. The number of aliphatic hydroxyl groups is 1. The highest BCUT2D eigenvalue weighted by Crippen LogP contribution is 2.29. The molecule has 0 heterocycles. The standard InChI is InChI=1S/C11H14ClNO5S2/c1-19(15,16)13(20(2,17)18)11-8-10(12)6-5-9(11)4-3-7-14/h3-6,8,14H,7H2,1-2H3/b4-3+. The van der Waals surface area contributed by atoms with Crippen LogP contribution in [0.4, 0.5) is 5.69 Å². The van der Waals surface area contributed by atoms with Crippen LogP contribution in [0, 0.1) is 0 Å². The molecule has 1 rings (SSSR count). The van der Waals surface area contributed by atoms with Crippen LogP contribution in [0.2, 0.25) is 5.02 Å². The number of benzene rings is 1. The van der Waals surface area contributed by atoms with Gasteiger partial charge in [-0.3, -0.25) is 0 Å². The van der Waals surface area contributed by atoms with E-state index < -0.39 is 20.0 Å². The highest BCUT2D eigenvalue weighted by molar-refractivity contribution is 8.09. The molecule has 112 valence electrons. The summed E-state index contributed by atoms with van der Waals surface area (Å²) in [6.45, 7) is -0.264. The van der Waals surface area contributed by atoms with E-state index in [0.717, 1.165) is 12.5 Å². The van der Waals surface area contributed by atoms with Gasteiger partial charge < -0.3 is 5.11 Å². The Balaban J connectivity index is 3.64. The summed E-state index contributed by atoms with van der Waals surface area (Å²) in [5, 5.41) is 8.96. The molecule has 0 saturated heterocycles. The average molecular weight is 340 g/mol. The minimum Gasteiger partial charge on any atom is -0.392 e. The lowest BCUT2D eigenvalue weighted by Crippen LogP contribution is -2.35. The Morgan fingerprint density at radius 3 is 2.20 bits per heavy atom. The summed E-state index contributed by atoms with van der Waals surface area (Å²) in [7, 11) is -8.10. The third kappa shape index (κ3) is 4.20. The van der Waals surface area contributed by atoms with Crippen molar-refractivity contribution in [2.24, 2.45) is 0 Å². The largest absolute Gasteiger partial charge is 0.392 e. The third-order valence-electron chi connectivity index (χ3n) is 2.19. The fourth-order valence-corrected chi connectivity index (χ4v) is 4.76. The maximum Gasteiger partial charge on any atom is 0.245 e. The first-order chi connectivity index (χ1) is 9.07. The molecule has 0 aliphatic heterocycles. The van der Waals surface area contributed by atoms with Crippen LogP contribution in [0.25, 0.3) is 6.08 Å². The summed E-state index contributed by atoms with van der Waals surface area (Å²) in [5.41, 5.74) is 0.214. The van der Waals surface area contributed by atoms with Gasteiger partial charge in [-0.05, 0) is 17.7 Å². The molecule has 0 saturated carbocycles. The predicted molar refractivity (Wildman–Crippen MR) is 79.7 cm³/mol. The summed E-state index contributed by atoms with van der Waals surface area (Å²) < 4.78 is 47.3. The Labute approximate surface area is 123 Å². The van der Waals surface area contributed by atoms with Gasteiger partial charge in [0.2, 0.25) is 20.0 Å². The van der Waals surface area contributed by atoms with E-state index in [2.05, 4.69) is 0 Å². The van der Waals surface area contributed by atoms with Gasteiger partial charge in [-0.25, -0.2) is 16.8 Å². The molecule has 0 bridgehead atoms. The quantitative estimate of drug-likeness (QED) is 0.866. The van der Waals surface area contributed by atoms with Crippen molar-refractivity contribution in [3.63, 3.8) is 0 Å². The van der Waals surface area contributed by atoms with Gasteiger partial charge in [0.25, 0.3) is 0 Å². The van der Waals surface area contributed by atoms with Gasteiger partial charge in [-0.1, -0.05) is 29.8 Å². The molecule has 20 heavy (non-hydrogen) atoms. The predicted octanol–water partition coefficient (Wildman–Crippen LogP) is 1.07. The summed E-state index contributed by atoms with van der Waals surface area (Å²) >= 11 is 5.81. The molecule has 1 aromatic rings. The molecule has 9 heteroatoms. The summed E-state index contributed by atoms with van der Waals surface area (Å²) in [6, 6.07) is 4.19. The third-order valence-corrected chi connectivity index (χ3v) is 5.65. The van der Waals surface area contributed by atoms with E-state index in [9.17, 15) is 16.8 Å². The number of hydrogen-bond donors (Lipinski definition) is 1. The van der Waals surface area contributed by atoms with Crippen molar-refractivity contribution in [3.8, 4) is 0 Å². The number of hydrogen-bond acceptors (Lipinski definition) is 5. The van der Waals surface area contributed by atoms with Gasteiger partial charge in [0.15, 0.2) is 0 Å². The van der Waals surface area contributed by atoms with Gasteiger partial charge in [0.05, 0.1) is 24.8 Å². The minimum absolute atomic E-state index is 0.0906. The SMILES string of the molecule is CS(=O)(=O)N(c1cc(Cl)ccc1/C=C/CO)S(C)(=O)=O. The zero-order chi connectivity index (χ0) is 15.6. The fourth-order valence-electron chi connectivity index (χ4n) is 1.60. The van der Waals surface area contributed by atoms with Gasteiger partial charge in [-0.15, -0.1) is 0 Å². The van der Waals surface area contributed by atoms with E-state index >= 15 is 0 Å². The lowest BCUT2D eigenvalue weighted by Gasteiger charge is -2.21. The van der Waals surface area contributed by atoms with Crippen molar-refractivity contribution in [1.82, 2.24) is 0 Å². The van der Waals surface area contributed by atoms with E-state index in [1.54, 1.807) is 0 Å². The van der Waals surface area contributed by atoms with Gasteiger partial charge in [0.1, 0.15) is 0 Å². The maximum absolute atomic E-state index is 11.7. The summed E-state index contributed by atoms with van der Waals surface area (Å²) in [6.07, 6.45) is 4.34. The first-order valence-corrected chi connectivity index (χ1v) is 9.42. The van der Waals surface area contributed by atoms with Crippen molar-refractivity contribution in [2.75, 3.05) is 22.8 Å². The van der Waals surface area contributed by atoms with Crippen LogP contribution in [0.1, 0.15) is 5.56 Å². The smallest absolute Gasteiger partial charge is 0.245 e. The van der Waals surface area contributed by atoms with E-state index in [1.807, 2.05) is 0 Å². The van der Waals surface area contributed by atoms with E-state index in [-0.39, 0.29) is 17.3 Å². The first-order valence-electron chi connectivity index (χ1n) is 5.35. The second-order valence-corrected chi connectivity index (χ2v) is 8.34. The second-order valence-electron chi connectivity index (χ2n) is 4.01. The monoisotopic (exact) mass is 339 g/mol. The lowest BCUT2D eigenvalue weighted by molar-refractivity contribution is 0.343. The Morgan fingerprint density at radius 1 is 1.20 bits per heavy atom. The molecule has 1 N–H and O–H groups in total. The highest BCUT2D eigenvalue weighted by Gasteiger charge is 2.29. The lowest BCUT2D eigenvalue weighted by atomic mass is 10.1. The number of nitrogens with zero attached hydrogens (tertiary/aromatic N) is 1. The van der Waals surface area contributed by atoms with Crippen molar-refractivity contribution >= 4 is 43.4 Å². The van der Waals surface area contributed by atoms with Crippen LogP contribution in [0.5, 0.6) is 0 Å².